The molecule has 4 heterocycles. The van der Waals surface area contributed by atoms with Crippen LogP contribution in [0.3, 0.4) is 0 Å². The molecule has 0 bridgehead atoms. The number of anilines is 2. The molecule has 0 spiro atoms. The Balaban J connectivity index is 1.46. The van der Waals surface area contributed by atoms with Gasteiger partial charge in [0, 0.05) is 42.2 Å². The highest BCUT2D eigenvalue weighted by atomic mass is 35.5. The maximum Gasteiger partial charge on any atom is 0.253 e. The molecule has 1 amide bonds. The van der Waals surface area contributed by atoms with Gasteiger partial charge in [0.15, 0.2) is 11.6 Å². The summed E-state index contributed by atoms with van der Waals surface area (Å²) in [4.78, 5) is 28.4. The Morgan fingerprint density at radius 1 is 1.10 bits per heavy atom. The van der Waals surface area contributed by atoms with Gasteiger partial charge in [-0.1, -0.05) is 0 Å². The minimum absolute atomic E-state index is 0.0882. The second-order valence-corrected chi connectivity index (χ2v) is 8.34. The van der Waals surface area contributed by atoms with E-state index < -0.39 is 5.82 Å². The third-order valence-corrected chi connectivity index (χ3v) is 6.28. The molecule has 0 unspecified atom stereocenters. The van der Waals surface area contributed by atoms with Crippen molar-refractivity contribution in [3.8, 4) is 11.3 Å². The van der Waals surface area contributed by atoms with E-state index in [0.717, 1.165) is 35.2 Å². The number of amides is 1. The van der Waals surface area contributed by atoms with Crippen LogP contribution >= 0.6 is 11.6 Å². The molecule has 0 atom stereocenters. The van der Waals surface area contributed by atoms with Crippen LogP contribution in [0.5, 0.6) is 0 Å². The molecule has 30 heavy (non-hydrogen) atoms. The molecule has 0 radical (unpaired) electrons. The number of fused-ring (bicyclic) bond motifs is 5. The number of rotatable bonds is 3. The molecular weight excluding hydrogens is 407 g/mol. The van der Waals surface area contributed by atoms with E-state index in [4.69, 9.17) is 11.6 Å². The summed E-state index contributed by atoms with van der Waals surface area (Å²) >= 11 is 5.98. The first kappa shape index (κ1) is 17.8. The van der Waals surface area contributed by atoms with Crippen LogP contribution in [0.2, 0.25) is 5.28 Å². The molecule has 152 valence electrons. The van der Waals surface area contributed by atoms with E-state index in [1.54, 1.807) is 12.4 Å². The van der Waals surface area contributed by atoms with E-state index in [9.17, 15) is 4.79 Å². The first-order valence-electron chi connectivity index (χ1n) is 10.1. The highest BCUT2D eigenvalue weighted by molar-refractivity contribution is 6.28. The molecule has 9 heteroatoms. The molecule has 3 N–H and O–H groups in total. The van der Waals surface area contributed by atoms with Gasteiger partial charge in [-0.25, -0.2) is 19.3 Å². The van der Waals surface area contributed by atoms with Gasteiger partial charge in [0.1, 0.15) is 5.82 Å². The fourth-order valence-electron chi connectivity index (χ4n) is 4.52. The van der Waals surface area contributed by atoms with Gasteiger partial charge < -0.3 is 15.6 Å². The quantitative estimate of drug-likeness (QED) is 0.557. The number of nitrogens with one attached hydrogen (secondary N) is 3. The van der Waals surface area contributed by atoms with Crippen molar-refractivity contribution in [2.75, 3.05) is 11.9 Å². The largest absolute Gasteiger partial charge is 0.357 e. The number of halogens is 2. The summed E-state index contributed by atoms with van der Waals surface area (Å²) < 4.78 is 15.7. The number of carbonyl (C=O) groups is 1. The predicted octanol–water partition coefficient (Wildman–Crippen LogP) is 3.66. The topological polar surface area (TPSA) is 95.6 Å². The standard InChI is InChI=1S/C21H18ClFN6O/c22-21-26-8-12(9-1-2-9)18(29-21)28-19-16(23)14-10(7-25-19)3-4-11-15-13(27-17(11)14)5-6-24-20(15)30/h7-9,27H,1-6H2,(H,24,30)(H,25,26,28,29). The van der Waals surface area contributed by atoms with Crippen molar-refractivity contribution in [2.24, 2.45) is 0 Å². The number of aromatic amines is 1. The van der Waals surface area contributed by atoms with Crippen molar-refractivity contribution in [2.45, 2.75) is 38.0 Å². The van der Waals surface area contributed by atoms with Gasteiger partial charge in [-0.05, 0) is 54.3 Å². The number of hydrogen-bond acceptors (Lipinski definition) is 5. The van der Waals surface area contributed by atoms with Crippen LogP contribution in [-0.2, 0) is 19.3 Å². The summed E-state index contributed by atoms with van der Waals surface area (Å²) in [6.07, 6.45) is 7.54. The Labute approximate surface area is 176 Å². The van der Waals surface area contributed by atoms with Gasteiger partial charge in [-0.3, -0.25) is 4.79 Å². The van der Waals surface area contributed by atoms with E-state index in [1.165, 1.54) is 0 Å². The first-order chi connectivity index (χ1) is 14.6. The van der Waals surface area contributed by atoms with Crippen molar-refractivity contribution >= 4 is 29.1 Å². The number of carbonyl (C=O) groups excluding carboxylic acids is 1. The number of nitrogens with zero attached hydrogens (tertiary/aromatic N) is 3. The van der Waals surface area contributed by atoms with E-state index in [2.05, 4.69) is 30.6 Å². The molecular formula is C21H18ClFN6O. The fraction of sp³-hybridized carbons (Fsp3) is 0.333. The van der Waals surface area contributed by atoms with Crippen molar-refractivity contribution in [3.05, 3.63) is 51.4 Å². The second kappa shape index (κ2) is 6.50. The third-order valence-electron chi connectivity index (χ3n) is 6.10. The van der Waals surface area contributed by atoms with Crippen LogP contribution in [-0.4, -0.2) is 32.4 Å². The lowest BCUT2D eigenvalue weighted by Gasteiger charge is -2.20. The van der Waals surface area contributed by atoms with Crippen LogP contribution in [0.25, 0.3) is 11.3 Å². The third kappa shape index (κ3) is 2.70. The number of pyridine rings is 1. The van der Waals surface area contributed by atoms with E-state index in [1.807, 2.05) is 0 Å². The molecule has 3 aliphatic rings. The van der Waals surface area contributed by atoms with Gasteiger partial charge in [-0.15, -0.1) is 0 Å². The number of H-pyrrole nitrogens is 1. The molecule has 0 aromatic carbocycles. The fourth-order valence-corrected chi connectivity index (χ4v) is 4.65. The predicted molar refractivity (Wildman–Crippen MR) is 110 cm³/mol. The zero-order valence-electron chi connectivity index (χ0n) is 16.0. The maximum absolute atomic E-state index is 15.7. The van der Waals surface area contributed by atoms with Crippen LogP contribution in [0.15, 0.2) is 12.4 Å². The molecule has 3 aromatic rings. The molecule has 1 saturated carbocycles. The first-order valence-corrected chi connectivity index (χ1v) is 10.5. The normalized spacial score (nSPS) is 17.1. The average molecular weight is 425 g/mol. The zero-order chi connectivity index (χ0) is 20.4. The number of aryl methyl sites for hydroxylation is 1. The monoisotopic (exact) mass is 424 g/mol. The van der Waals surface area contributed by atoms with Crippen LogP contribution in [0.1, 0.15) is 51.5 Å². The van der Waals surface area contributed by atoms with Gasteiger partial charge in [0.25, 0.3) is 5.91 Å². The molecule has 1 aliphatic heterocycles. The van der Waals surface area contributed by atoms with Crippen molar-refractivity contribution in [1.82, 2.24) is 25.3 Å². The molecule has 3 aromatic heterocycles. The molecule has 0 saturated heterocycles. The molecule has 1 fully saturated rings. The van der Waals surface area contributed by atoms with Crippen LogP contribution in [0.4, 0.5) is 16.0 Å². The summed E-state index contributed by atoms with van der Waals surface area (Å²) in [6.45, 7) is 0.585. The summed E-state index contributed by atoms with van der Waals surface area (Å²) in [5.74, 6) is 0.407. The minimum Gasteiger partial charge on any atom is -0.357 e. The average Bonchev–Trinajstić information content (AvgIpc) is 3.49. The summed E-state index contributed by atoms with van der Waals surface area (Å²) in [7, 11) is 0. The molecule has 6 rings (SSSR count). The molecule has 2 aliphatic carbocycles. The smallest absolute Gasteiger partial charge is 0.253 e. The second-order valence-electron chi connectivity index (χ2n) is 8.00. The minimum atomic E-state index is -0.455. The number of hydrogen-bond donors (Lipinski definition) is 3. The SMILES string of the molecule is O=C1NCCc2[nH]c3c(c21)CCc1cnc(Nc2nc(Cl)ncc2C2CC2)c(F)c1-3. The van der Waals surface area contributed by atoms with Gasteiger partial charge in [0.05, 0.1) is 11.3 Å². The van der Waals surface area contributed by atoms with Gasteiger partial charge >= 0.3 is 0 Å². The van der Waals surface area contributed by atoms with Crippen molar-refractivity contribution in [3.63, 3.8) is 0 Å². The zero-order valence-corrected chi connectivity index (χ0v) is 16.7. The lowest BCUT2D eigenvalue weighted by Crippen LogP contribution is -2.32. The van der Waals surface area contributed by atoms with Gasteiger partial charge in [0.2, 0.25) is 5.28 Å². The molecule has 7 nitrogen and oxygen atoms in total. The van der Waals surface area contributed by atoms with E-state index in [-0.39, 0.29) is 17.0 Å². The summed E-state index contributed by atoms with van der Waals surface area (Å²) in [5, 5.41) is 6.02. The van der Waals surface area contributed by atoms with Crippen LogP contribution in [0, 0.1) is 5.82 Å². The van der Waals surface area contributed by atoms with E-state index in [0.29, 0.717) is 54.4 Å². The van der Waals surface area contributed by atoms with Crippen molar-refractivity contribution < 1.29 is 9.18 Å². The Bertz CT molecular complexity index is 1220. The lowest BCUT2D eigenvalue weighted by molar-refractivity contribution is 0.0945. The van der Waals surface area contributed by atoms with Gasteiger partial charge in [-0.2, -0.15) is 0 Å². The maximum atomic E-state index is 15.7. The highest BCUT2D eigenvalue weighted by Crippen LogP contribution is 2.44. The Morgan fingerprint density at radius 3 is 2.80 bits per heavy atom. The van der Waals surface area contributed by atoms with E-state index >= 15 is 4.39 Å². The summed E-state index contributed by atoms with van der Waals surface area (Å²) in [6, 6.07) is 0. The highest BCUT2D eigenvalue weighted by Gasteiger charge is 2.33. The Morgan fingerprint density at radius 2 is 1.97 bits per heavy atom. The Hall–Kier alpha value is -3.00. The Kier molecular flexibility index (Phi) is 3.86. The van der Waals surface area contributed by atoms with Crippen molar-refractivity contribution in [1.29, 1.82) is 0 Å². The number of aromatic nitrogens is 4. The lowest BCUT2D eigenvalue weighted by atomic mass is 9.88. The summed E-state index contributed by atoms with van der Waals surface area (Å²) in [5.41, 5.74) is 5.34. The van der Waals surface area contributed by atoms with Crippen LogP contribution < -0.4 is 10.6 Å².